The fourth-order valence-corrected chi connectivity index (χ4v) is 1.03. The van der Waals surface area contributed by atoms with E-state index in [1.165, 1.54) is 12.1 Å². The highest BCUT2D eigenvalue weighted by atomic mass is 16.6. The van der Waals surface area contributed by atoms with Gasteiger partial charge in [0.1, 0.15) is 5.75 Å². The third kappa shape index (κ3) is 1.84. The Balaban J connectivity index is 3.35. The van der Waals surface area contributed by atoms with Crippen LogP contribution in [-0.4, -0.2) is 10.0 Å². The molecule has 1 aromatic rings. The molecule has 1 rings (SSSR count). The number of benzene rings is 1. The molecular formula is C9H9NO3. The Morgan fingerprint density at radius 2 is 2.23 bits per heavy atom. The fraction of sp³-hybridized carbons (Fsp3) is 0.111. The second-order valence-electron chi connectivity index (χ2n) is 2.74. The normalized spacial score (nSPS) is 9.62. The largest absolute Gasteiger partial charge is 0.508 e. The zero-order chi connectivity index (χ0) is 10.0. The van der Waals surface area contributed by atoms with E-state index in [1.807, 2.05) is 0 Å². The van der Waals surface area contributed by atoms with Crippen LogP contribution in [0.25, 0.3) is 5.57 Å². The molecule has 4 nitrogen and oxygen atoms in total. The number of hydrogen-bond acceptors (Lipinski definition) is 3. The number of nitro benzene ring substituents is 1. The van der Waals surface area contributed by atoms with E-state index < -0.39 is 4.92 Å². The maximum atomic E-state index is 10.5. The Morgan fingerprint density at radius 3 is 2.69 bits per heavy atom. The molecular weight excluding hydrogens is 170 g/mol. The summed E-state index contributed by atoms with van der Waals surface area (Å²) in [6.07, 6.45) is 0. The second kappa shape index (κ2) is 3.26. The maximum absolute atomic E-state index is 10.5. The molecule has 0 aliphatic rings. The molecule has 0 spiro atoms. The summed E-state index contributed by atoms with van der Waals surface area (Å²) in [5, 5.41) is 19.6. The topological polar surface area (TPSA) is 63.4 Å². The minimum atomic E-state index is -0.538. The van der Waals surface area contributed by atoms with Gasteiger partial charge in [-0.25, -0.2) is 0 Å². The lowest BCUT2D eigenvalue weighted by Crippen LogP contribution is -1.92. The third-order valence-corrected chi connectivity index (χ3v) is 1.64. The summed E-state index contributed by atoms with van der Waals surface area (Å²) in [7, 11) is 0. The summed E-state index contributed by atoms with van der Waals surface area (Å²) < 4.78 is 0. The summed E-state index contributed by atoms with van der Waals surface area (Å²) in [5.74, 6) is -0.114. The summed E-state index contributed by atoms with van der Waals surface area (Å²) in [4.78, 5) is 9.99. The van der Waals surface area contributed by atoms with Crippen molar-refractivity contribution in [2.75, 3.05) is 0 Å². The van der Waals surface area contributed by atoms with E-state index in [4.69, 9.17) is 5.11 Å². The predicted molar refractivity (Wildman–Crippen MR) is 49.5 cm³/mol. The predicted octanol–water partition coefficient (Wildman–Crippen LogP) is 2.33. The van der Waals surface area contributed by atoms with Crippen molar-refractivity contribution in [1.82, 2.24) is 0 Å². The number of phenols is 1. The minimum Gasteiger partial charge on any atom is -0.508 e. The fourth-order valence-electron chi connectivity index (χ4n) is 1.03. The summed E-state index contributed by atoms with van der Waals surface area (Å²) in [5.41, 5.74) is 0.932. The van der Waals surface area contributed by atoms with Crippen LogP contribution in [0.5, 0.6) is 5.75 Å². The maximum Gasteiger partial charge on any atom is 0.280 e. The number of aromatic hydroxyl groups is 1. The SMILES string of the molecule is C=C(C)c1ccc(O)cc1[N+](=O)[O-]. The van der Waals surface area contributed by atoms with Crippen molar-refractivity contribution < 1.29 is 10.0 Å². The van der Waals surface area contributed by atoms with Gasteiger partial charge in [-0.15, -0.1) is 0 Å². The average molecular weight is 179 g/mol. The van der Waals surface area contributed by atoms with Crippen molar-refractivity contribution in [2.45, 2.75) is 6.92 Å². The Kier molecular flexibility index (Phi) is 2.32. The lowest BCUT2D eigenvalue weighted by Gasteiger charge is -2.01. The van der Waals surface area contributed by atoms with Gasteiger partial charge in [0.2, 0.25) is 0 Å². The first-order valence-electron chi connectivity index (χ1n) is 3.65. The first-order chi connectivity index (χ1) is 6.02. The number of nitro groups is 1. The lowest BCUT2D eigenvalue weighted by atomic mass is 10.1. The molecule has 0 aliphatic carbocycles. The zero-order valence-corrected chi connectivity index (χ0v) is 7.15. The highest BCUT2D eigenvalue weighted by Crippen LogP contribution is 2.28. The Bertz CT molecular complexity index is 371. The van der Waals surface area contributed by atoms with Crippen molar-refractivity contribution >= 4 is 11.3 Å². The van der Waals surface area contributed by atoms with Crippen molar-refractivity contribution in [3.8, 4) is 5.75 Å². The minimum absolute atomic E-state index is 0.114. The molecule has 4 heteroatoms. The van der Waals surface area contributed by atoms with Crippen LogP contribution in [0.3, 0.4) is 0 Å². The van der Waals surface area contributed by atoms with Crippen LogP contribution in [0.4, 0.5) is 5.69 Å². The molecule has 0 atom stereocenters. The standard InChI is InChI=1S/C9H9NO3/c1-6(2)8-4-3-7(11)5-9(8)10(12)13/h3-5,11H,1H2,2H3. The van der Waals surface area contributed by atoms with Gasteiger partial charge in [-0.3, -0.25) is 10.1 Å². The lowest BCUT2D eigenvalue weighted by molar-refractivity contribution is -0.385. The Labute approximate surface area is 75.3 Å². The van der Waals surface area contributed by atoms with Gasteiger partial charge in [0.25, 0.3) is 5.69 Å². The van der Waals surface area contributed by atoms with Crippen LogP contribution in [0.15, 0.2) is 24.8 Å². The van der Waals surface area contributed by atoms with Crippen LogP contribution in [-0.2, 0) is 0 Å². The van der Waals surface area contributed by atoms with E-state index in [0.717, 1.165) is 6.07 Å². The average Bonchev–Trinajstić information content (AvgIpc) is 2.03. The smallest absolute Gasteiger partial charge is 0.280 e. The van der Waals surface area contributed by atoms with Crippen molar-refractivity contribution in [3.63, 3.8) is 0 Å². The molecule has 0 bridgehead atoms. The molecule has 0 fully saturated rings. The van der Waals surface area contributed by atoms with E-state index in [9.17, 15) is 10.1 Å². The molecule has 68 valence electrons. The van der Waals surface area contributed by atoms with Gasteiger partial charge in [0.15, 0.2) is 0 Å². The highest BCUT2D eigenvalue weighted by molar-refractivity contribution is 5.70. The molecule has 0 aromatic heterocycles. The number of phenolic OH excluding ortho intramolecular Hbond substituents is 1. The first kappa shape index (κ1) is 9.25. The van der Waals surface area contributed by atoms with E-state index in [0.29, 0.717) is 11.1 Å². The summed E-state index contributed by atoms with van der Waals surface area (Å²) in [6, 6.07) is 4.00. The van der Waals surface area contributed by atoms with Gasteiger partial charge in [-0.1, -0.05) is 6.58 Å². The molecule has 1 aromatic carbocycles. The first-order valence-corrected chi connectivity index (χ1v) is 3.65. The Hall–Kier alpha value is -1.84. The molecule has 0 saturated heterocycles. The van der Waals surface area contributed by atoms with Gasteiger partial charge in [0, 0.05) is 0 Å². The van der Waals surface area contributed by atoms with E-state index in [2.05, 4.69) is 6.58 Å². The summed E-state index contributed by atoms with van der Waals surface area (Å²) >= 11 is 0. The molecule has 0 saturated carbocycles. The van der Waals surface area contributed by atoms with Crippen LogP contribution in [0.2, 0.25) is 0 Å². The van der Waals surface area contributed by atoms with Gasteiger partial charge in [0.05, 0.1) is 16.6 Å². The van der Waals surface area contributed by atoms with Crippen LogP contribution < -0.4 is 0 Å². The van der Waals surface area contributed by atoms with Crippen LogP contribution in [0, 0.1) is 10.1 Å². The molecule has 0 aliphatic heterocycles. The van der Waals surface area contributed by atoms with E-state index >= 15 is 0 Å². The van der Waals surface area contributed by atoms with Crippen LogP contribution in [0.1, 0.15) is 12.5 Å². The number of rotatable bonds is 2. The second-order valence-corrected chi connectivity index (χ2v) is 2.74. The number of hydrogen-bond donors (Lipinski definition) is 1. The van der Waals surface area contributed by atoms with Gasteiger partial charge in [-0.05, 0) is 24.6 Å². The monoisotopic (exact) mass is 179 g/mol. The molecule has 0 radical (unpaired) electrons. The summed E-state index contributed by atoms with van der Waals surface area (Å²) in [6.45, 7) is 5.29. The Morgan fingerprint density at radius 1 is 1.62 bits per heavy atom. The highest BCUT2D eigenvalue weighted by Gasteiger charge is 2.14. The molecule has 0 amide bonds. The van der Waals surface area contributed by atoms with E-state index in [1.54, 1.807) is 6.92 Å². The van der Waals surface area contributed by atoms with E-state index in [-0.39, 0.29) is 11.4 Å². The third-order valence-electron chi connectivity index (χ3n) is 1.64. The van der Waals surface area contributed by atoms with Gasteiger partial charge < -0.3 is 5.11 Å². The van der Waals surface area contributed by atoms with Crippen molar-refractivity contribution in [3.05, 3.63) is 40.5 Å². The number of nitrogens with zero attached hydrogens (tertiary/aromatic N) is 1. The zero-order valence-electron chi connectivity index (χ0n) is 7.15. The molecule has 13 heavy (non-hydrogen) atoms. The van der Waals surface area contributed by atoms with Crippen molar-refractivity contribution in [1.29, 1.82) is 0 Å². The quantitative estimate of drug-likeness (QED) is 0.559. The van der Waals surface area contributed by atoms with Crippen LogP contribution >= 0.6 is 0 Å². The van der Waals surface area contributed by atoms with Crippen molar-refractivity contribution in [2.24, 2.45) is 0 Å². The number of allylic oxidation sites excluding steroid dienone is 1. The molecule has 0 heterocycles. The van der Waals surface area contributed by atoms with Gasteiger partial charge >= 0.3 is 0 Å². The van der Waals surface area contributed by atoms with Gasteiger partial charge in [-0.2, -0.15) is 0 Å². The molecule has 1 N–H and O–H groups in total. The molecule has 0 unspecified atom stereocenters.